The third-order valence-corrected chi connectivity index (χ3v) is 15.4. The van der Waals surface area contributed by atoms with Crippen LogP contribution in [-0.4, -0.2) is 53.0 Å². The molecular weight excluding hydrogens is 1460 g/mol. The van der Waals surface area contributed by atoms with Gasteiger partial charge in [-0.1, -0.05) is 206 Å². The molecule has 11 nitrogen and oxygen atoms in total. The Hall–Kier alpha value is -6.58. The third-order valence-electron chi connectivity index (χ3n) is 15.4. The fourth-order valence-electron chi connectivity index (χ4n) is 9.86. The molecule has 0 aliphatic heterocycles. The summed E-state index contributed by atoms with van der Waals surface area (Å²) in [7, 11) is 13.9. The molecule has 5 aromatic rings. The fraction of sp³-hybridized carbons (Fsp3) is 0.449. The van der Waals surface area contributed by atoms with Crippen molar-refractivity contribution in [1.82, 2.24) is 0 Å². The molecule has 0 bridgehead atoms. The zero-order chi connectivity index (χ0) is 75.6. The van der Waals surface area contributed by atoms with Gasteiger partial charge in [-0.15, -0.1) is 42.8 Å². The summed E-state index contributed by atoms with van der Waals surface area (Å²) in [6, 6.07) is 28.6. The Labute approximate surface area is 687 Å². The van der Waals surface area contributed by atoms with Gasteiger partial charge in [-0.3, -0.25) is 0 Å². The smallest absolute Gasteiger partial charge is 0.149 e. The summed E-state index contributed by atoms with van der Waals surface area (Å²) in [6.07, 6.45) is 41.3. The predicted molar refractivity (Wildman–Crippen MR) is 480 cm³/mol. The third kappa shape index (κ3) is 46.6. The summed E-state index contributed by atoms with van der Waals surface area (Å²) in [5, 5.41) is 28.7. The van der Waals surface area contributed by atoms with Crippen LogP contribution in [0.25, 0.3) is 40.9 Å². The number of unbranched alkanes of at least 4 members (excludes halogenated alkanes) is 10. The molecule has 0 saturated carbocycles. The first-order valence-corrected chi connectivity index (χ1v) is 39.2. The molecule has 17 heteroatoms. The zero-order valence-electron chi connectivity index (χ0n) is 64.7. The minimum absolute atomic E-state index is 0. The minimum atomic E-state index is 0. The van der Waals surface area contributed by atoms with Crippen LogP contribution in [0.1, 0.15) is 252 Å². The predicted octanol–water partition coefficient (Wildman–Crippen LogP) is 27.2. The van der Waals surface area contributed by atoms with E-state index in [1.165, 1.54) is 43.2 Å². The van der Waals surface area contributed by atoms with Gasteiger partial charge in [-0.2, -0.15) is 15.7 Å². The standard InChI is InChI=1S/C44H52N2O4.C19H30O2.C12H16O2.C10H12.CH4NP2.3CH4.H4P2.2V.6H2/c1-7-12-16-20-24-47-41-30-37(42(28-35(41)6)48-25-21-17-13-8-2)29-38(34-46)40-32-43(49-26-22-18-14-9-3)39(36(11-5)33-45)31-44(40)50-27-23-19-15-10-4;1-6-9-11-16(8-3)14-21-19-12-15(4)18(20-5)13-17(19)10-7-2;1-5-6-10-8-11(13-3)9(2)7-12(10)14-4;1-3-4-10-7-5-9(2)6-8-10;2-1(3)4;;;;1-2;;;;;;;;/h3,11,28-32H,7-8,10,12-13,15-17,19-21,23-25,27H2,1-2,4-6H3;7,10,12-13,16H,6,8-9,11,14H2,1-5H3;5-8H,1-4H3;3-8H,1-2H3;3-4H2;3*1H4;1-2H2;;;6*1H/q;;;;-1;;;;;;;;;;;;/b36-11+,38-29+;10-7+;;4-3+;;;;;;;;;;;;;. The average molecular weight is 1610 g/mol. The van der Waals surface area contributed by atoms with Gasteiger partial charge < -0.3 is 43.3 Å². The van der Waals surface area contributed by atoms with Gasteiger partial charge in [-0.05, 0) is 176 Å². The van der Waals surface area contributed by atoms with Gasteiger partial charge in [0.1, 0.15) is 52.1 Å². The van der Waals surface area contributed by atoms with E-state index in [-0.39, 0.29) is 78.9 Å². The molecule has 2 radical (unpaired) electrons. The molecule has 0 heterocycles. The number of benzene rings is 5. The second-order valence-electron chi connectivity index (χ2n) is 23.4. The maximum Gasteiger partial charge on any atom is 0.149 e. The van der Waals surface area contributed by atoms with E-state index in [0.717, 1.165) is 139 Å². The molecule has 5 atom stereocenters. The minimum Gasteiger partial charge on any atom is -0.804 e. The van der Waals surface area contributed by atoms with Crippen molar-refractivity contribution in [3.63, 3.8) is 0 Å². The summed E-state index contributed by atoms with van der Waals surface area (Å²) in [6.45, 7) is 29.4. The van der Waals surface area contributed by atoms with Crippen molar-refractivity contribution < 1.29 is 83.6 Å². The molecule has 0 amide bonds. The van der Waals surface area contributed by atoms with Crippen molar-refractivity contribution in [3.05, 3.63) is 158 Å². The largest absolute Gasteiger partial charge is 0.804 e. The van der Waals surface area contributed by atoms with Crippen LogP contribution in [0.5, 0.6) is 46.0 Å². The van der Waals surface area contributed by atoms with Crippen molar-refractivity contribution in [1.29, 1.82) is 10.5 Å². The van der Waals surface area contributed by atoms with Gasteiger partial charge in [-0.25, -0.2) is 0 Å². The van der Waals surface area contributed by atoms with Gasteiger partial charge in [0.25, 0.3) is 0 Å². The molecule has 5 unspecified atom stereocenters. The molecule has 5 aromatic carbocycles. The number of nitrogens with zero attached hydrogens (tertiary/aromatic N) is 3. The van der Waals surface area contributed by atoms with E-state index in [1.54, 1.807) is 52.5 Å². The number of rotatable bonds is 35. The van der Waals surface area contributed by atoms with Gasteiger partial charge in [0, 0.05) is 85.3 Å². The van der Waals surface area contributed by atoms with Crippen LogP contribution >= 0.6 is 36.3 Å². The Morgan fingerprint density at radius 2 is 0.915 bits per heavy atom. The number of allylic oxidation sites excluding steroid dienone is 6. The molecule has 0 saturated heterocycles. The van der Waals surface area contributed by atoms with E-state index < -0.39 is 0 Å². The molecule has 0 spiro atoms. The number of hydrogen-bond donors (Lipinski definition) is 0. The Balaban J connectivity index is -0.000000133. The number of terminal acetylenes is 1. The molecule has 0 aromatic heterocycles. The normalized spacial score (nSPS) is 10.3. The molecule has 0 aliphatic rings. The molecule has 592 valence electrons. The van der Waals surface area contributed by atoms with E-state index in [9.17, 15) is 10.5 Å². The molecule has 0 aliphatic carbocycles. The van der Waals surface area contributed by atoms with Crippen LogP contribution in [0.2, 0.25) is 0 Å². The Morgan fingerprint density at radius 3 is 1.35 bits per heavy atom. The van der Waals surface area contributed by atoms with Crippen LogP contribution in [0.4, 0.5) is 0 Å². The van der Waals surface area contributed by atoms with E-state index in [0.29, 0.717) is 59.5 Å². The molecule has 5 rings (SSSR count). The quantitative estimate of drug-likeness (QED) is 0.00960. The van der Waals surface area contributed by atoms with E-state index in [1.807, 2.05) is 83.2 Å². The van der Waals surface area contributed by atoms with Crippen LogP contribution in [0, 0.1) is 92.5 Å². The van der Waals surface area contributed by atoms with Crippen molar-refractivity contribution in [2.75, 3.05) is 47.8 Å². The van der Waals surface area contributed by atoms with E-state index in [2.05, 4.69) is 175 Å². The van der Waals surface area contributed by atoms with Crippen molar-refractivity contribution >= 4 is 77.0 Å². The first-order chi connectivity index (χ1) is 48.9. The Morgan fingerprint density at radius 1 is 0.500 bits per heavy atom. The first kappa shape index (κ1) is 110. The summed E-state index contributed by atoms with van der Waals surface area (Å²) in [4.78, 5) is 0. The fourth-order valence-corrected chi connectivity index (χ4v) is 9.86. The number of hydrogen-bond acceptors (Lipinski definition) is 10. The number of methoxy groups -OCH3 is 3. The second kappa shape index (κ2) is 71.3. The summed E-state index contributed by atoms with van der Waals surface area (Å²) in [5.41, 5.74) is 10.3. The maximum atomic E-state index is 10.6. The number of aryl methyl sites for hydroxylation is 4. The summed E-state index contributed by atoms with van der Waals surface area (Å²) < 4.78 is 46.7. The van der Waals surface area contributed by atoms with Crippen LogP contribution in [-0.2, 0) is 37.1 Å². The van der Waals surface area contributed by atoms with E-state index in [4.69, 9.17) is 49.7 Å². The van der Waals surface area contributed by atoms with Crippen LogP contribution in [0.15, 0.2) is 97.1 Å². The second-order valence-corrected chi connectivity index (χ2v) is 25.3. The SMILES string of the molecule is C.C.C.C#CC#CC#COc1cc(/C(C#N)=C/c2cc(OCCCCCC)c(C)cc2OCCCCCC)c(OCCCCCC)cc1/C(C#N)=C/C.C/C=C/c1cc(OC)c(C)cc1OCC(CC)CCCC.C/C=C/c1ccc(C)cc1.CC=Cc1cc(OC)c(C)cc1OC.PP.[HH].[HH].[HH].[HH].[HH].[HH].[N-]=C(P)P.[V].[V]. The number of nitriles is 2. The topological polar surface area (TPSA) is 144 Å². The molecular formula is C89H142N3O8P4V2-. The van der Waals surface area contributed by atoms with Crippen molar-refractivity contribution in [2.24, 2.45) is 5.92 Å². The van der Waals surface area contributed by atoms with Crippen molar-refractivity contribution in [3.8, 4) is 94.3 Å². The van der Waals surface area contributed by atoms with Gasteiger partial charge in [0.15, 0.2) is 0 Å². The summed E-state index contributed by atoms with van der Waals surface area (Å²) >= 11 is 0. The van der Waals surface area contributed by atoms with Crippen LogP contribution < -0.4 is 37.9 Å². The average Bonchev–Trinajstić information content (AvgIpc) is 0.791. The van der Waals surface area contributed by atoms with Gasteiger partial charge in [0.05, 0.1) is 71.0 Å². The molecule has 0 N–H and O–H groups in total. The van der Waals surface area contributed by atoms with Crippen molar-refractivity contribution in [2.45, 2.75) is 215 Å². The Kier molecular flexibility index (Phi) is 74.3. The molecule has 106 heavy (non-hydrogen) atoms. The first-order valence-electron chi connectivity index (χ1n) is 35.3. The zero-order valence-corrected chi connectivity index (χ0v) is 72.1. The monoisotopic (exact) mass is 1610 g/mol. The van der Waals surface area contributed by atoms with E-state index >= 15 is 0 Å². The van der Waals surface area contributed by atoms with Gasteiger partial charge in [0.2, 0.25) is 0 Å². The Bertz CT molecular complexity index is 3670. The molecule has 0 fully saturated rings. The number of ether oxygens (including phenoxy) is 8. The van der Waals surface area contributed by atoms with Gasteiger partial charge >= 0.3 is 0 Å². The summed E-state index contributed by atoms with van der Waals surface area (Å²) in [5.74, 6) is 16.2. The maximum absolute atomic E-state index is 10.6. The van der Waals surface area contributed by atoms with Crippen LogP contribution in [0.3, 0.4) is 0 Å².